The molecule has 4 aromatic carbocycles. The SMILES string of the molecule is CCCCCCCCCCc1ccc(S(=O)(=O)O)cc1Oc1cccc(O)c1.CCCCCCCCCCc1ccc(S(=O)(=O)[O-])cc1Oc1cccc([O-])c1.[Ca+2]. The second-order valence-corrected chi connectivity index (χ2v) is 16.9. The minimum absolute atomic E-state index is 0. The van der Waals surface area contributed by atoms with Crippen LogP contribution in [0.25, 0.3) is 0 Å². The molecule has 0 bridgehead atoms. The van der Waals surface area contributed by atoms with E-state index in [-0.39, 0.29) is 59.0 Å². The quantitative estimate of drug-likeness (QED) is 0.0392. The first kappa shape index (κ1) is 50.3. The molecule has 0 aliphatic carbocycles. The predicted molar refractivity (Wildman–Crippen MR) is 223 cm³/mol. The van der Waals surface area contributed by atoms with Crippen molar-refractivity contribution in [1.29, 1.82) is 0 Å². The van der Waals surface area contributed by atoms with Gasteiger partial charge in [-0.25, -0.2) is 8.42 Å². The normalized spacial score (nSPS) is 11.3. The standard InChI is InChI=1S/2C22H30O5S.Ca/c2*1-2-3-4-5-6-7-8-9-11-18-14-15-21(28(24,25)26)17-22(18)27-20-13-10-12-19(23)16-20;/h2*10,12-17,23H,2-9,11H2,1H3,(H,24,25,26);/q;;+2/p-2. The summed E-state index contributed by atoms with van der Waals surface area (Å²) in [6, 6.07) is 20.9. The minimum atomic E-state index is -4.57. The maximum absolute atomic E-state index is 11.5. The van der Waals surface area contributed by atoms with Crippen LogP contribution in [0.15, 0.2) is 94.7 Å². The average Bonchev–Trinajstić information content (AvgIpc) is 3.14. The number of phenolic OH excluding ortho intramolecular Hbond substituents is 1. The Hall–Kier alpha value is -2.84. The number of aryl methyl sites for hydroxylation is 2. The number of unbranched alkanes of at least 4 members (excludes halogenated alkanes) is 14. The van der Waals surface area contributed by atoms with Gasteiger partial charge in [-0.1, -0.05) is 134 Å². The van der Waals surface area contributed by atoms with Gasteiger partial charge in [-0.15, -0.1) is 5.75 Å². The molecule has 4 aromatic rings. The monoisotopic (exact) mass is 850 g/mol. The van der Waals surface area contributed by atoms with E-state index < -0.39 is 20.2 Å². The van der Waals surface area contributed by atoms with Gasteiger partial charge < -0.3 is 24.2 Å². The van der Waals surface area contributed by atoms with Gasteiger partial charge in [-0.2, -0.15) is 8.42 Å². The number of aromatic hydroxyl groups is 1. The molecule has 0 unspecified atom stereocenters. The molecule has 0 aliphatic rings. The number of rotatable bonds is 24. The fourth-order valence-corrected chi connectivity index (χ4v) is 7.21. The molecule has 0 saturated carbocycles. The van der Waals surface area contributed by atoms with Gasteiger partial charge in [0.05, 0.1) is 9.79 Å². The van der Waals surface area contributed by atoms with Crippen LogP contribution < -0.4 is 14.6 Å². The molecule has 4 rings (SSSR count). The summed E-state index contributed by atoms with van der Waals surface area (Å²) in [5.74, 6) is 1.28. The van der Waals surface area contributed by atoms with Crippen LogP contribution in [0, 0.1) is 0 Å². The van der Waals surface area contributed by atoms with Gasteiger partial charge in [0, 0.05) is 12.1 Å². The summed E-state index contributed by atoms with van der Waals surface area (Å²) in [6.07, 6.45) is 20.7. The van der Waals surface area contributed by atoms with Crippen molar-refractivity contribution in [1.82, 2.24) is 0 Å². The fraction of sp³-hybridized carbons (Fsp3) is 0.455. The molecule has 0 atom stereocenters. The Morgan fingerprint density at radius 3 is 1.40 bits per heavy atom. The molecular formula is C44H58CaO10S2. The van der Waals surface area contributed by atoms with Crippen molar-refractivity contribution in [2.75, 3.05) is 0 Å². The van der Waals surface area contributed by atoms with E-state index in [2.05, 4.69) is 13.8 Å². The molecular weight excluding hydrogens is 793 g/mol. The summed E-state index contributed by atoms with van der Waals surface area (Å²) in [7, 11) is -8.89. The van der Waals surface area contributed by atoms with Crippen LogP contribution in [0.4, 0.5) is 0 Å². The van der Waals surface area contributed by atoms with E-state index in [1.165, 1.54) is 126 Å². The first-order valence-electron chi connectivity index (χ1n) is 19.9. The van der Waals surface area contributed by atoms with Crippen molar-refractivity contribution in [3.8, 4) is 34.5 Å². The van der Waals surface area contributed by atoms with Gasteiger partial charge >= 0.3 is 37.7 Å². The first-order valence-corrected chi connectivity index (χ1v) is 22.8. The predicted octanol–water partition coefficient (Wildman–Crippen LogP) is 10.9. The fourth-order valence-electron chi connectivity index (χ4n) is 6.23. The van der Waals surface area contributed by atoms with Crippen molar-refractivity contribution in [2.45, 2.75) is 139 Å². The zero-order valence-corrected chi connectivity index (χ0v) is 37.3. The number of hydrogen-bond acceptors (Lipinski definition) is 9. The molecule has 13 heteroatoms. The van der Waals surface area contributed by atoms with Crippen LogP contribution in [0.1, 0.15) is 128 Å². The largest absolute Gasteiger partial charge is 2.00 e. The number of benzene rings is 4. The van der Waals surface area contributed by atoms with Gasteiger partial charge in [0.15, 0.2) is 0 Å². The van der Waals surface area contributed by atoms with Crippen LogP contribution in [-0.4, -0.2) is 68.8 Å². The number of hydrogen-bond donors (Lipinski definition) is 2. The molecule has 10 nitrogen and oxygen atoms in total. The Bertz CT molecular complexity index is 1840. The Morgan fingerprint density at radius 1 is 0.544 bits per heavy atom. The minimum Gasteiger partial charge on any atom is -0.872 e. The van der Waals surface area contributed by atoms with Crippen molar-refractivity contribution >= 4 is 58.0 Å². The summed E-state index contributed by atoms with van der Waals surface area (Å²) in [6.45, 7) is 4.42. The maximum Gasteiger partial charge on any atom is 2.00 e. The molecule has 308 valence electrons. The summed E-state index contributed by atoms with van der Waals surface area (Å²) in [5.41, 5.74) is 1.71. The van der Waals surface area contributed by atoms with Crippen molar-refractivity contribution in [3.05, 3.63) is 96.1 Å². The summed E-state index contributed by atoms with van der Waals surface area (Å²) in [4.78, 5) is -0.539. The van der Waals surface area contributed by atoms with Gasteiger partial charge in [0.1, 0.15) is 38.9 Å². The van der Waals surface area contributed by atoms with E-state index in [1.54, 1.807) is 36.4 Å². The molecule has 0 aromatic heterocycles. The average molecular weight is 851 g/mol. The van der Waals surface area contributed by atoms with Gasteiger partial charge in [-0.05, 0) is 79.3 Å². The van der Waals surface area contributed by atoms with Crippen LogP contribution in [-0.2, 0) is 33.1 Å². The first-order chi connectivity index (χ1) is 26.8. The molecule has 0 fully saturated rings. The summed E-state index contributed by atoms with van der Waals surface area (Å²) >= 11 is 0. The molecule has 0 saturated heterocycles. The van der Waals surface area contributed by atoms with E-state index >= 15 is 0 Å². The van der Waals surface area contributed by atoms with Crippen molar-refractivity contribution < 1.29 is 45.6 Å². The third-order valence-electron chi connectivity index (χ3n) is 9.34. The number of ether oxygens (including phenoxy) is 2. The van der Waals surface area contributed by atoms with E-state index in [9.17, 15) is 36.2 Å². The van der Waals surface area contributed by atoms with Crippen LogP contribution in [0.5, 0.6) is 34.5 Å². The van der Waals surface area contributed by atoms with Crippen LogP contribution in [0.2, 0.25) is 0 Å². The Kier molecular flexibility index (Phi) is 23.8. The molecule has 0 heterocycles. The second kappa shape index (κ2) is 27.0. The number of phenols is 1. The van der Waals surface area contributed by atoms with Gasteiger partial charge in [0.25, 0.3) is 10.1 Å². The van der Waals surface area contributed by atoms with E-state index in [4.69, 9.17) is 9.47 Å². The van der Waals surface area contributed by atoms with Crippen molar-refractivity contribution in [2.24, 2.45) is 0 Å². The molecule has 0 aliphatic heterocycles. The Morgan fingerprint density at radius 2 is 0.965 bits per heavy atom. The summed E-state index contributed by atoms with van der Waals surface area (Å²) in [5, 5.41) is 21.1. The van der Waals surface area contributed by atoms with Crippen LogP contribution >= 0.6 is 0 Å². The third kappa shape index (κ3) is 20.1. The van der Waals surface area contributed by atoms with Crippen molar-refractivity contribution in [3.63, 3.8) is 0 Å². The van der Waals surface area contributed by atoms with Crippen LogP contribution in [0.3, 0.4) is 0 Å². The smallest absolute Gasteiger partial charge is 0.872 e. The Balaban J connectivity index is 0.000000387. The van der Waals surface area contributed by atoms with E-state index in [0.29, 0.717) is 23.0 Å². The molecule has 0 amide bonds. The van der Waals surface area contributed by atoms with E-state index in [1.807, 2.05) is 0 Å². The topological polar surface area (TPSA) is 173 Å². The zero-order chi connectivity index (χ0) is 40.8. The maximum atomic E-state index is 11.5. The Labute approximate surface area is 370 Å². The molecule has 0 spiro atoms. The van der Waals surface area contributed by atoms with Gasteiger partial charge in [-0.3, -0.25) is 4.55 Å². The molecule has 0 radical (unpaired) electrons. The zero-order valence-electron chi connectivity index (χ0n) is 33.5. The summed E-state index contributed by atoms with van der Waals surface area (Å²) < 4.78 is 77.9. The molecule has 2 N–H and O–H groups in total. The van der Waals surface area contributed by atoms with E-state index in [0.717, 1.165) is 49.7 Å². The van der Waals surface area contributed by atoms with Gasteiger partial charge in [0.2, 0.25) is 0 Å². The second-order valence-electron chi connectivity index (χ2n) is 14.1. The third-order valence-corrected chi connectivity index (χ3v) is 11.0. The molecule has 57 heavy (non-hydrogen) atoms.